The van der Waals surface area contributed by atoms with Gasteiger partial charge in [0.25, 0.3) is 0 Å². The molecule has 1 fully saturated rings. The molecule has 1 aromatic heterocycles. The van der Waals surface area contributed by atoms with Crippen molar-refractivity contribution >= 4 is 10.0 Å². The molecule has 138 valence electrons. The summed E-state index contributed by atoms with van der Waals surface area (Å²) in [6.45, 7) is 6.15. The van der Waals surface area contributed by atoms with Gasteiger partial charge < -0.3 is 0 Å². The second-order valence-electron chi connectivity index (χ2n) is 7.50. The van der Waals surface area contributed by atoms with Crippen LogP contribution in [0, 0.1) is 29.5 Å². The second-order valence-corrected chi connectivity index (χ2v) is 9.37. The Morgan fingerprint density at radius 3 is 2.65 bits per heavy atom. The Labute approximate surface area is 152 Å². The Hall–Kier alpha value is -2.24. The third kappa shape index (κ3) is 3.02. The number of benzene rings is 1. The maximum atomic E-state index is 13.6. The molecule has 0 spiro atoms. The zero-order valence-electron chi connectivity index (χ0n) is 15.2. The van der Waals surface area contributed by atoms with Crippen molar-refractivity contribution in [1.29, 1.82) is 5.26 Å². The van der Waals surface area contributed by atoms with E-state index in [0.717, 1.165) is 17.7 Å². The maximum Gasteiger partial charge on any atom is 0.244 e. The number of hydrogen-bond acceptors (Lipinski definition) is 4. The summed E-state index contributed by atoms with van der Waals surface area (Å²) in [6, 6.07) is 3.93. The highest BCUT2D eigenvalue weighted by molar-refractivity contribution is 7.89. The Kier molecular flexibility index (Phi) is 4.41. The molecule has 0 bridgehead atoms. The highest BCUT2D eigenvalue weighted by Gasteiger charge is 2.46. The van der Waals surface area contributed by atoms with Crippen LogP contribution in [0.2, 0.25) is 0 Å². The molecule has 8 heteroatoms. The van der Waals surface area contributed by atoms with Gasteiger partial charge in [-0.3, -0.25) is 4.68 Å². The zero-order valence-corrected chi connectivity index (χ0v) is 16.0. The van der Waals surface area contributed by atoms with Crippen molar-refractivity contribution in [3.8, 4) is 6.07 Å². The topological polar surface area (TPSA) is 79.0 Å². The summed E-state index contributed by atoms with van der Waals surface area (Å²) in [5.41, 5.74) is 0.762. The Morgan fingerprint density at radius 1 is 1.38 bits per heavy atom. The lowest BCUT2D eigenvalue weighted by Crippen LogP contribution is -2.31. The molecular weight excluding hydrogens is 355 g/mol. The van der Waals surface area contributed by atoms with Gasteiger partial charge in [-0.25, -0.2) is 12.8 Å². The lowest BCUT2D eigenvalue weighted by molar-refractivity contribution is 0.346. The SMILES string of the molecule is Cc1cc(F)cc(C#N)c1S(=O)(=O)N1CC(c2cnn(C)c2)C(C)(C)C1. The average molecular weight is 376 g/mol. The minimum atomic E-state index is -3.92. The minimum absolute atomic E-state index is 0.0164. The van der Waals surface area contributed by atoms with Gasteiger partial charge in [-0.2, -0.15) is 14.7 Å². The lowest BCUT2D eigenvalue weighted by Gasteiger charge is -2.24. The first-order chi connectivity index (χ1) is 12.1. The standard InChI is InChI=1S/C18H21FN4O2S/c1-12-5-15(19)6-13(7-20)17(12)26(24,25)23-10-16(18(2,3)11-23)14-8-21-22(4)9-14/h5-6,8-9,16H,10-11H2,1-4H3. The maximum absolute atomic E-state index is 13.6. The van der Waals surface area contributed by atoms with E-state index in [1.54, 1.807) is 10.9 Å². The van der Waals surface area contributed by atoms with E-state index < -0.39 is 15.8 Å². The van der Waals surface area contributed by atoms with Gasteiger partial charge in [0.05, 0.1) is 11.8 Å². The van der Waals surface area contributed by atoms with Crippen LogP contribution >= 0.6 is 0 Å². The number of aromatic nitrogens is 2. The molecule has 0 saturated carbocycles. The van der Waals surface area contributed by atoms with Gasteiger partial charge in [-0.05, 0) is 35.6 Å². The Morgan fingerprint density at radius 2 is 2.08 bits per heavy atom. The first-order valence-electron chi connectivity index (χ1n) is 8.25. The molecular formula is C18H21FN4O2S. The van der Waals surface area contributed by atoms with Crippen LogP contribution in [0.5, 0.6) is 0 Å². The van der Waals surface area contributed by atoms with Crippen LogP contribution in [-0.4, -0.2) is 35.6 Å². The van der Waals surface area contributed by atoms with Crippen molar-refractivity contribution in [3.05, 3.63) is 47.0 Å². The van der Waals surface area contributed by atoms with Crippen molar-refractivity contribution < 1.29 is 12.8 Å². The summed E-state index contributed by atoms with van der Waals surface area (Å²) in [5, 5.41) is 13.5. The van der Waals surface area contributed by atoms with Crippen molar-refractivity contribution in [2.75, 3.05) is 13.1 Å². The van der Waals surface area contributed by atoms with Gasteiger partial charge in [0.15, 0.2) is 0 Å². The molecule has 0 aliphatic carbocycles. The molecule has 3 rings (SSSR count). The van der Waals surface area contributed by atoms with Gasteiger partial charge >= 0.3 is 0 Å². The summed E-state index contributed by atoms with van der Waals surface area (Å²) in [5.74, 6) is -0.634. The second kappa shape index (κ2) is 6.18. The molecule has 1 aliphatic heterocycles. The highest BCUT2D eigenvalue weighted by Crippen LogP contribution is 2.44. The molecule has 0 radical (unpaired) electrons. The fourth-order valence-corrected chi connectivity index (χ4v) is 5.68. The third-order valence-electron chi connectivity index (χ3n) is 5.00. The van der Waals surface area contributed by atoms with Crippen molar-refractivity contribution in [2.24, 2.45) is 12.5 Å². The molecule has 6 nitrogen and oxygen atoms in total. The van der Waals surface area contributed by atoms with E-state index in [4.69, 9.17) is 0 Å². The number of halogens is 1. The van der Waals surface area contributed by atoms with Gasteiger partial charge in [0.2, 0.25) is 10.0 Å². The van der Waals surface area contributed by atoms with E-state index in [1.807, 2.05) is 33.2 Å². The van der Waals surface area contributed by atoms with E-state index in [1.165, 1.54) is 11.2 Å². The van der Waals surface area contributed by atoms with E-state index >= 15 is 0 Å². The smallest absolute Gasteiger partial charge is 0.244 e. The van der Waals surface area contributed by atoms with E-state index in [0.29, 0.717) is 13.1 Å². The number of hydrogen-bond donors (Lipinski definition) is 0. The monoisotopic (exact) mass is 376 g/mol. The van der Waals surface area contributed by atoms with Crippen LogP contribution in [0.3, 0.4) is 0 Å². The number of nitriles is 1. The van der Waals surface area contributed by atoms with Crippen LogP contribution < -0.4 is 0 Å². The number of nitrogens with zero attached hydrogens (tertiary/aromatic N) is 4. The molecule has 26 heavy (non-hydrogen) atoms. The third-order valence-corrected chi connectivity index (χ3v) is 7.01. The van der Waals surface area contributed by atoms with Crippen molar-refractivity contribution in [1.82, 2.24) is 14.1 Å². The average Bonchev–Trinajstić information content (AvgIpc) is 3.08. The molecule has 1 aromatic carbocycles. The fraction of sp³-hybridized carbons (Fsp3) is 0.444. The molecule has 2 heterocycles. The van der Waals surface area contributed by atoms with Gasteiger partial charge in [-0.15, -0.1) is 0 Å². The van der Waals surface area contributed by atoms with Gasteiger partial charge in [0.1, 0.15) is 16.8 Å². The van der Waals surface area contributed by atoms with Crippen molar-refractivity contribution in [2.45, 2.75) is 31.6 Å². The van der Waals surface area contributed by atoms with E-state index in [2.05, 4.69) is 5.10 Å². The van der Waals surface area contributed by atoms with Gasteiger partial charge in [0, 0.05) is 32.3 Å². The summed E-state index contributed by atoms with van der Waals surface area (Å²) in [4.78, 5) is -0.107. The first kappa shape index (κ1) is 18.5. The van der Waals surface area contributed by atoms with Crippen LogP contribution in [-0.2, 0) is 17.1 Å². The summed E-state index contributed by atoms with van der Waals surface area (Å²) >= 11 is 0. The normalized spacial score (nSPS) is 20.2. The Bertz CT molecular complexity index is 1000. The summed E-state index contributed by atoms with van der Waals surface area (Å²) < 4.78 is 43.2. The van der Waals surface area contributed by atoms with Crippen LogP contribution in [0.15, 0.2) is 29.4 Å². The molecule has 1 aliphatic rings. The largest absolute Gasteiger partial charge is 0.276 e. The molecule has 0 amide bonds. The lowest BCUT2D eigenvalue weighted by atomic mass is 9.79. The summed E-state index contributed by atoms with van der Waals surface area (Å²) in [7, 11) is -2.10. The van der Waals surface area contributed by atoms with E-state index in [9.17, 15) is 18.1 Å². The summed E-state index contributed by atoms with van der Waals surface area (Å²) in [6.07, 6.45) is 3.65. The predicted octanol–water partition coefficient (Wildman–Crippen LogP) is 2.55. The minimum Gasteiger partial charge on any atom is -0.276 e. The molecule has 1 saturated heterocycles. The zero-order chi connectivity index (χ0) is 19.3. The molecule has 1 unspecified atom stereocenters. The quantitative estimate of drug-likeness (QED) is 0.825. The molecule has 0 N–H and O–H groups in total. The molecule has 2 aromatic rings. The fourth-order valence-electron chi connectivity index (χ4n) is 3.72. The number of aryl methyl sites for hydroxylation is 2. The first-order valence-corrected chi connectivity index (χ1v) is 9.69. The number of rotatable bonds is 3. The highest BCUT2D eigenvalue weighted by atomic mass is 32.2. The number of sulfonamides is 1. The predicted molar refractivity (Wildman–Crippen MR) is 94.3 cm³/mol. The van der Waals surface area contributed by atoms with Crippen molar-refractivity contribution in [3.63, 3.8) is 0 Å². The van der Waals surface area contributed by atoms with E-state index in [-0.39, 0.29) is 27.4 Å². The van der Waals surface area contributed by atoms with Crippen LogP contribution in [0.4, 0.5) is 4.39 Å². The van der Waals surface area contributed by atoms with Crippen LogP contribution in [0.25, 0.3) is 0 Å². The van der Waals surface area contributed by atoms with Crippen LogP contribution in [0.1, 0.15) is 36.5 Å². The Balaban J connectivity index is 2.04. The van der Waals surface area contributed by atoms with Gasteiger partial charge in [-0.1, -0.05) is 13.8 Å². The molecule has 1 atom stereocenters.